The number of benzene rings is 2. The molecule has 1 fully saturated rings. The van der Waals surface area contributed by atoms with Gasteiger partial charge in [0, 0.05) is 18.7 Å². The molecule has 3 rings (SSSR count). The Labute approximate surface area is 174 Å². The Hall–Kier alpha value is -3.55. The molecule has 1 aliphatic rings. The maximum Gasteiger partial charge on any atom is 0.312 e. The molecule has 1 heterocycles. The first-order chi connectivity index (χ1) is 14.4. The summed E-state index contributed by atoms with van der Waals surface area (Å²) in [5.41, 5.74) is 1.16. The highest BCUT2D eigenvalue weighted by Gasteiger charge is 2.38. The Bertz CT molecular complexity index is 927. The minimum Gasteiger partial charge on any atom is -0.497 e. The zero-order chi connectivity index (χ0) is 21.7. The highest BCUT2D eigenvalue weighted by Crippen LogP contribution is 2.33. The molecule has 0 saturated carbocycles. The fraction of sp³-hybridized carbons (Fsp3) is 0.318. The van der Waals surface area contributed by atoms with E-state index in [0.717, 1.165) is 0 Å². The summed E-state index contributed by atoms with van der Waals surface area (Å²) in [6.07, 6.45) is -0.987. The molecule has 8 heteroatoms. The van der Waals surface area contributed by atoms with E-state index in [2.05, 4.69) is 5.32 Å². The number of amides is 2. The van der Waals surface area contributed by atoms with E-state index in [1.54, 1.807) is 55.6 Å². The van der Waals surface area contributed by atoms with E-state index in [4.69, 9.17) is 14.2 Å². The van der Waals surface area contributed by atoms with Gasteiger partial charge in [-0.3, -0.25) is 14.4 Å². The summed E-state index contributed by atoms with van der Waals surface area (Å²) in [5, 5.41) is 2.68. The second-order valence-electron chi connectivity index (χ2n) is 6.87. The number of ether oxygens (including phenoxy) is 3. The van der Waals surface area contributed by atoms with Crippen LogP contribution in [0.1, 0.15) is 13.3 Å². The summed E-state index contributed by atoms with van der Waals surface area (Å²) >= 11 is 0. The first-order valence-corrected chi connectivity index (χ1v) is 9.51. The molecule has 0 unspecified atom stereocenters. The Morgan fingerprint density at radius 1 is 1.07 bits per heavy atom. The van der Waals surface area contributed by atoms with Gasteiger partial charge in [-0.1, -0.05) is 12.1 Å². The molecule has 2 amide bonds. The van der Waals surface area contributed by atoms with Crippen LogP contribution in [0.3, 0.4) is 0 Å². The molecule has 30 heavy (non-hydrogen) atoms. The van der Waals surface area contributed by atoms with Crippen LogP contribution in [0.4, 0.5) is 11.4 Å². The molecule has 1 N–H and O–H groups in total. The van der Waals surface area contributed by atoms with E-state index in [1.165, 1.54) is 18.9 Å². The van der Waals surface area contributed by atoms with Crippen LogP contribution in [-0.2, 0) is 19.1 Å². The van der Waals surface area contributed by atoms with Gasteiger partial charge in [0.25, 0.3) is 5.91 Å². The van der Waals surface area contributed by atoms with E-state index in [0.29, 0.717) is 22.9 Å². The van der Waals surface area contributed by atoms with Crippen molar-refractivity contribution < 1.29 is 28.6 Å². The minimum absolute atomic E-state index is 0.0176. The van der Waals surface area contributed by atoms with E-state index >= 15 is 0 Å². The Morgan fingerprint density at radius 2 is 1.77 bits per heavy atom. The normalized spacial score (nSPS) is 16.7. The summed E-state index contributed by atoms with van der Waals surface area (Å²) in [4.78, 5) is 38.8. The standard InChI is InChI=1S/C22H24N2O6/c1-14(21(26)23-16-8-10-17(28-2)11-9-16)30-22(27)15-12-20(25)24(13-15)18-6-4-5-7-19(18)29-3/h4-11,14-15H,12-13H2,1-3H3,(H,23,26)/t14-,15-/m1/s1. The van der Waals surface area contributed by atoms with Gasteiger partial charge >= 0.3 is 5.97 Å². The van der Waals surface area contributed by atoms with Gasteiger partial charge < -0.3 is 24.4 Å². The number of nitrogens with zero attached hydrogens (tertiary/aromatic N) is 1. The number of para-hydroxylation sites is 2. The lowest BCUT2D eigenvalue weighted by molar-refractivity contribution is -0.157. The molecule has 2 aromatic rings. The Balaban J connectivity index is 1.58. The molecule has 8 nitrogen and oxygen atoms in total. The number of nitrogens with one attached hydrogen (secondary N) is 1. The number of rotatable bonds is 7. The summed E-state index contributed by atoms with van der Waals surface area (Å²) in [6, 6.07) is 13.9. The van der Waals surface area contributed by atoms with E-state index < -0.39 is 23.9 Å². The lowest BCUT2D eigenvalue weighted by Gasteiger charge is -2.20. The smallest absolute Gasteiger partial charge is 0.312 e. The first-order valence-electron chi connectivity index (χ1n) is 9.51. The van der Waals surface area contributed by atoms with Crippen molar-refractivity contribution in [1.82, 2.24) is 0 Å². The van der Waals surface area contributed by atoms with Crippen molar-refractivity contribution in [3.8, 4) is 11.5 Å². The van der Waals surface area contributed by atoms with E-state index in [-0.39, 0.29) is 18.9 Å². The predicted octanol–water partition coefficient (Wildman–Crippen LogP) is 2.63. The SMILES string of the molecule is COc1ccc(NC(=O)[C@@H](C)OC(=O)[C@@H]2CC(=O)N(c3ccccc3OC)C2)cc1. The van der Waals surface area contributed by atoms with Crippen LogP contribution in [0.5, 0.6) is 11.5 Å². The quantitative estimate of drug-likeness (QED) is 0.703. The second-order valence-corrected chi connectivity index (χ2v) is 6.87. The van der Waals surface area contributed by atoms with Gasteiger partial charge in [0.15, 0.2) is 6.10 Å². The third kappa shape index (κ3) is 4.71. The molecule has 2 aromatic carbocycles. The maximum absolute atomic E-state index is 12.5. The number of anilines is 2. The van der Waals surface area contributed by atoms with Crippen molar-refractivity contribution in [3.63, 3.8) is 0 Å². The molecule has 0 radical (unpaired) electrons. The monoisotopic (exact) mass is 412 g/mol. The van der Waals surface area contributed by atoms with Crippen molar-refractivity contribution in [1.29, 1.82) is 0 Å². The molecule has 0 aliphatic carbocycles. The van der Waals surface area contributed by atoms with Crippen LogP contribution in [-0.4, -0.2) is 44.7 Å². The molecule has 0 bridgehead atoms. The molecular weight excluding hydrogens is 388 g/mol. The lowest BCUT2D eigenvalue weighted by atomic mass is 10.1. The second kappa shape index (κ2) is 9.30. The van der Waals surface area contributed by atoms with Crippen LogP contribution in [0.2, 0.25) is 0 Å². The Kier molecular flexibility index (Phi) is 6.56. The third-order valence-electron chi connectivity index (χ3n) is 4.85. The van der Waals surface area contributed by atoms with Gasteiger partial charge in [0.1, 0.15) is 11.5 Å². The predicted molar refractivity (Wildman–Crippen MR) is 111 cm³/mol. The molecule has 1 aliphatic heterocycles. The summed E-state index contributed by atoms with van der Waals surface area (Å²) in [5.74, 6) is -0.682. The molecule has 2 atom stereocenters. The fourth-order valence-corrected chi connectivity index (χ4v) is 3.19. The number of esters is 1. The van der Waals surface area contributed by atoms with Crippen molar-refractivity contribution >= 4 is 29.2 Å². The average molecular weight is 412 g/mol. The van der Waals surface area contributed by atoms with Gasteiger partial charge in [-0.15, -0.1) is 0 Å². The van der Waals surface area contributed by atoms with Crippen molar-refractivity contribution in [2.24, 2.45) is 5.92 Å². The number of methoxy groups -OCH3 is 2. The zero-order valence-corrected chi connectivity index (χ0v) is 17.1. The van der Waals surface area contributed by atoms with E-state index in [1.807, 2.05) is 0 Å². The summed E-state index contributed by atoms with van der Waals surface area (Å²) in [6.45, 7) is 1.66. The number of hydrogen-bond donors (Lipinski definition) is 1. The lowest BCUT2D eigenvalue weighted by Crippen LogP contribution is -2.33. The maximum atomic E-state index is 12.5. The van der Waals surface area contributed by atoms with Crippen molar-refractivity contribution in [2.45, 2.75) is 19.4 Å². The van der Waals surface area contributed by atoms with Crippen LogP contribution >= 0.6 is 0 Å². The topological polar surface area (TPSA) is 94.2 Å². The highest BCUT2D eigenvalue weighted by atomic mass is 16.5. The van der Waals surface area contributed by atoms with Crippen LogP contribution in [0.25, 0.3) is 0 Å². The van der Waals surface area contributed by atoms with Crippen molar-refractivity contribution in [3.05, 3.63) is 48.5 Å². The highest BCUT2D eigenvalue weighted by molar-refractivity contribution is 6.01. The average Bonchev–Trinajstić information content (AvgIpc) is 3.15. The number of carbonyl (C=O) groups excluding carboxylic acids is 3. The van der Waals surface area contributed by atoms with Gasteiger partial charge in [-0.25, -0.2) is 0 Å². The summed E-state index contributed by atoms with van der Waals surface area (Å²) in [7, 11) is 3.08. The number of carbonyl (C=O) groups is 3. The molecule has 0 spiro atoms. The minimum atomic E-state index is -1.00. The first kappa shape index (κ1) is 21.2. The molecule has 0 aromatic heterocycles. The third-order valence-corrected chi connectivity index (χ3v) is 4.85. The van der Waals surface area contributed by atoms with Crippen LogP contribution < -0.4 is 19.7 Å². The summed E-state index contributed by atoms with van der Waals surface area (Å²) < 4.78 is 15.7. The Morgan fingerprint density at radius 3 is 2.43 bits per heavy atom. The van der Waals surface area contributed by atoms with E-state index in [9.17, 15) is 14.4 Å². The van der Waals surface area contributed by atoms with Gasteiger partial charge in [0.05, 0.1) is 25.8 Å². The van der Waals surface area contributed by atoms with Gasteiger partial charge in [0.2, 0.25) is 5.91 Å². The van der Waals surface area contributed by atoms with Crippen LogP contribution in [0.15, 0.2) is 48.5 Å². The largest absolute Gasteiger partial charge is 0.497 e. The fourth-order valence-electron chi connectivity index (χ4n) is 3.19. The zero-order valence-electron chi connectivity index (χ0n) is 17.1. The molecule has 158 valence electrons. The molecule has 1 saturated heterocycles. The van der Waals surface area contributed by atoms with Crippen molar-refractivity contribution in [2.75, 3.05) is 31.0 Å². The van der Waals surface area contributed by atoms with Gasteiger partial charge in [-0.2, -0.15) is 0 Å². The van der Waals surface area contributed by atoms with Gasteiger partial charge in [-0.05, 0) is 43.3 Å². The van der Waals surface area contributed by atoms with Crippen LogP contribution in [0, 0.1) is 5.92 Å². The molecular formula is C22H24N2O6. The number of hydrogen-bond acceptors (Lipinski definition) is 6.